The zero-order valence-electron chi connectivity index (χ0n) is 9.97. The molecule has 0 saturated carbocycles. The Morgan fingerprint density at radius 1 is 1.22 bits per heavy atom. The van der Waals surface area contributed by atoms with Gasteiger partial charge in [-0.1, -0.05) is 24.3 Å². The number of aldehydes is 1. The molecule has 0 amide bonds. The maximum Gasteiger partial charge on any atom is 0.150 e. The summed E-state index contributed by atoms with van der Waals surface area (Å²) in [5.74, 6) is 0. The number of rotatable bonds is 4. The monoisotopic (exact) mass is 239 g/mol. The molecule has 4 heteroatoms. The number of aromatic nitrogens is 1. The molecule has 2 N–H and O–H groups in total. The summed E-state index contributed by atoms with van der Waals surface area (Å²) in [6.45, 7) is 0. The van der Waals surface area contributed by atoms with Crippen LogP contribution in [-0.2, 0) is 0 Å². The van der Waals surface area contributed by atoms with Gasteiger partial charge in [-0.3, -0.25) is 9.78 Å². The van der Waals surface area contributed by atoms with Crippen LogP contribution in [0.3, 0.4) is 0 Å². The van der Waals surface area contributed by atoms with Gasteiger partial charge in [0.05, 0.1) is 11.9 Å². The lowest BCUT2D eigenvalue weighted by molar-refractivity contribution is 0.112. The van der Waals surface area contributed by atoms with Crippen molar-refractivity contribution in [3.05, 3.63) is 47.8 Å². The van der Waals surface area contributed by atoms with Crippen LogP contribution in [0.15, 0.2) is 36.7 Å². The van der Waals surface area contributed by atoms with E-state index in [1.807, 2.05) is 12.1 Å². The molecule has 1 aromatic carbocycles. The highest BCUT2D eigenvalue weighted by Crippen LogP contribution is 2.26. The SMILES string of the molecule is CNc1cncc(-c2ccc(C=O)cc2)c1C=N. The molecule has 4 nitrogen and oxygen atoms in total. The maximum atomic E-state index is 10.6. The van der Waals surface area contributed by atoms with E-state index in [0.29, 0.717) is 5.56 Å². The van der Waals surface area contributed by atoms with Crippen LogP contribution in [0.1, 0.15) is 15.9 Å². The second-order valence-electron chi connectivity index (χ2n) is 3.78. The van der Waals surface area contributed by atoms with E-state index in [-0.39, 0.29) is 0 Å². The van der Waals surface area contributed by atoms with Crippen LogP contribution in [0.4, 0.5) is 5.69 Å². The van der Waals surface area contributed by atoms with Crippen molar-refractivity contribution < 1.29 is 4.79 Å². The van der Waals surface area contributed by atoms with Gasteiger partial charge in [0, 0.05) is 36.1 Å². The van der Waals surface area contributed by atoms with Crippen LogP contribution < -0.4 is 5.32 Å². The molecule has 90 valence electrons. The highest BCUT2D eigenvalue weighted by molar-refractivity contribution is 5.95. The zero-order valence-corrected chi connectivity index (χ0v) is 9.97. The van der Waals surface area contributed by atoms with E-state index in [4.69, 9.17) is 5.41 Å². The Hall–Kier alpha value is -2.49. The summed E-state index contributed by atoms with van der Waals surface area (Å²) in [4.78, 5) is 14.8. The number of hydrogen-bond acceptors (Lipinski definition) is 4. The van der Waals surface area contributed by atoms with E-state index < -0.39 is 0 Å². The third-order valence-corrected chi connectivity index (χ3v) is 2.76. The number of pyridine rings is 1. The van der Waals surface area contributed by atoms with Crippen molar-refractivity contribution in [3.63, 3.8) is 0 Å². The molecule has 0 aliphatic carbocycles. The normalized spacial score (nSPS) is 9.83. The molecular weight excluding hydrogens is 226 g/mol. The van der Waals surface area contributed by atoms with Crippen molar-refractivity contribution in [2.24, 2.45) is 0 Å². The number of carbonyl (C=O) groups is 1. The summed E-state index contributed by atoms with van der Waals surface area (Å²) < 4.78 is 0. The standard InChI is InChI=1S/C14H13N3O/c1-16-14-8-17-7-13(12(14)6-15)11-4-2-10(9-18)3-5-11/h2-9,15-16H,1H3. The minimum Gasteiger partial charge on any atom is -0.386 e. The fourth-order valence-electron chi connectivity index (χ4n) is 1.80. The molecule has 0 fully saturated rings. The number of hydrogen-bond donors (Lipinski definition) is 2. The lowest BCUT2D eigenvalue weighted by Gasteiger charge is -2.10. The van der Waals surface area contributed by atoms with Crippen LogP contribution in [0.25, 0.3) is 11.1 Å². The van der Waals surface area contributed by atoms with Crippen LogP contribution in [-0.4, -0.2) is 24.5 Å². The van der Waals surface area contributed by atoms with Crippen LogP contribution in [0.5, 0.6) is 0 Å². The van der Waals surface area contributed by atoms with E-state index >= 15 is 0 Å². The Balaban J connectivity index is 2.55. The lowest BCUT2D eigenvalue weighted by Crippen LogP contribution is -1.98. The van der Waals surface area contributed by atoms with E-state index in [1.54, 1.807) is 31.6 Å². The molecule has 0 atom stereocenters. The molecule has 0 spiro atoms. The van der Waals surface area contributed by atoms with Gasteiger partial charge in [0.2, 0.25) is 0 Å². The highest BCUT2D eigenvalue weighted by Gasteiger charge is 2.08. The minimum absolute atomic E-state index is 0.632. The first-order valence-corrected chi connectivity index (χ1v) is 5.52. The first-order chi connectivity index (χ1) is 8.80. The third kappa shape index (κ3) is 2.13. The molecule has 0 radical (unpaired) electrons. The van der Waals surface area contributed by atoms with Crippen LogP contribution in [0, 0.1) is 5.41 Å². The molecular formula is C14H13N3O. The fraction of sp³-hybridized carbons (Fsp3) is 0.0714. The molecule has 0 aliphatic rings. The van der Waals surface area contributed by atoms with Crippen molar-refractivity contribution in [2.45, 2.75) is 0 Å². The lowest BCUT2D eigenvalue weighted by atomic mass is 10.0. The summed E-state index contributed by atoms with van der Waals surface area (Å²) in [5.41, 5.74) is 4.03. The van der Waals surface area contributed by atoms with E-state index in [9.17, 15) is 4.79 Å². The molecule has 0 aliphatic heterocycles. The smallest absolute Gasteiger partial charge is 0.150 e. The molecule has 0 bridgehead atoms. The van der Waals surface area contributed by atoms with Gasteiger partial charge >= 0.3 is 0 Å². The predicted octanol–water partition coefficient (Wildman–Crippen LogP) is 2.60. The predicted molar refractivity (Wildman–Crippen MR) is 72.5 cm³/mol. The maximum absolute atomic E-state index is 10.6. The number of nitrogens with one attached hydrogen (secondary N) is 2. The minimum atomic E-state index is 0.632. The van der Waals surface area contributed by atoms with Crippen molar-refractivity contribution in [1.82, 2.24) is 4.98 Å². The first kappa shape index (κ1) is 12.0. The van der Waals surface area contributed by atoms with E-state index in [2.05, 4.69) is 10.3 Å². The van der Waals surface area contributed by atoms with Crippen LogP contribution in [0.2, 0.25) is 0 Å². The Labute approximate surface area is 105 Å². The first-order valence-electron chi connectivity index (χ1n) is 5.52. The molecule has 1 heterocycles. The second kappa shape index (κ2) is 5.23. The number of benzene rings is 1. The van der Waals surface area contributed by atoms with Crippen LogP contribution >= 0.6 is 0 Å². The summed E-state index contributed by atoms with van der Waals surface area (Å²) in [7, 11) is 1.79. The van der Waals surface area contributed by atoms with Crippen molar-refractivity contribution in [2.75, 3.05) is 12.4 Å². The average Bonchev–Trinajstić information content (AvgIpc) is 2.46. The van der Waals surface area contributed by atoms with Crippen molar-refractivity contribution in [1.29, 1.82) is 5.41 Å². The quantitative estimate of drug-likeness (QED) is 0.636. The second-order valence-corrected chi connectivity index (χ2v) is 3.78. The van der Waals surface area contributed by atoms with Gasteiger partial charge in [-0.15, -0.1) is 0 Å². The third-order valence-electron chi connectivity index (χ3n) is 2.76. The van der Waals surface area contributed by atoms with Gasteiger partial charge in [0.25, 0.3) is 0 Å². The van der Waals surface area contributed by atoms with Gasteiger partial charge in [-0.05, 0) is 5.56 Å². The topological polar surface area (TPSA) is 65.8 Å². The number of carbonyl (C=O) groups excluding carboxylic acids is 1. The molecule has 2 rings (SSSR count). The fourth-order valence-corrected chi connectivity index (χ4v) is 1.80. The molecule has 0 saturated heterocycles. The van der Waals surface area contributed by atoms with Gasteiger partial charge in [-0.25, -0.2) is 0 Å². The van der Waals surface area contributed by atoms with Crippen molar-refractivity contribution in [3.8, 4) is 11.1 Å². The average molecular weight is 239 g/mol. The molecule has 18 heavy (non-hydrogen) atoms. The highest BCUT2D eigenvalue weighted by atomic mass is 16.1. The molecule has 1 aromatic heterocycles. The Kier molecular flexibility index (Phi) is 3.48. The van der Waals surface area contributed by atoms with Gasteiger partial charge in [0.1, 0.15) is 6.29 Å². The zero-order chi connectivity index (χ0) is 13.0. The summed E-state index contributed by atoms with van der Waals surface area (Å²) >= 11 is 0. The van der Waals surface area contributed by atoms with Gasteiger partial charge in [0.15, 0.2) is 0 Å². The van der Waals surface area contributed by atoms with Gasteiger partial charge in [-0.2, -0.15) is 0 Å². The summed E-state index contributed by atoms with van der Waals surface area (Å²) in [6.07, 6.45) is 5.51. The Bertz CT molecular complexity index is 576. The summed E-state index contributed by atoms with van der Waals surface area (Å²) in [6, 6.07) is 7.21. The molecule has 0 unspecified atom stereocenters. The number of anilines is 1. The Morgan fingerprint density at radius 2 is 1.94 bits per heavy atom. The number of nitrogens with zero attached hydrogens (tertiary/aromatic N) is 1. The molecule has 2 aromatic rings. The van der Waals surface area contributed by atoms with E-state index in [1.165, 1.54) is 6.21 Å². The largest absolute Gasteiger partial charge is 0.386 e. The Morgan fingerprint density at radius 3 is 2.50 bits per heavy atom. The van der Waals surface area contributed by atoms with Gasteiger partial charge < -0.3 is 10.7 Å². The van der Waals surface area contributed by atoms with E-state index in [0.717, 1.165) is 28.7 Å². The van der Waals surface area contributed by atoms with Crippen molar-refractivity contribution >= 4 is 18.2 Å². The summed E-state index contributed by atoms with van der Waals surface area (Å²) in [5, 5.41) is 10.5.